The Morgan fingerprint density at radius 1 is 0.750 bits per heavy atom. The van der Waals surface area contributed by atoms with Crippen LogP contribution in [0.15, 0.2) is 114 Å². The van der Waals surface area contributed by atoms with Crippen molar-refractivity contribution in [3.63, 3.8) is 0 Å². The number of rotatable bonds is 7. The Morgan fingerprint density at radius 3 is 2.27 bits per heavy atom. The molecule has 1 aliphatic carbocycles. The van der Waals surface area contributed by atoms with E-state index in [4.69, 9.17) is 4.42 Å². The third-order valence-corrected chi connectivity index (χ3v) is 14.3. The number of hydrogen-bond donors (Lipinski definition) is 0. The van der Waals surface area contributed by atoms with Crippen molar-refractivity contribution >= 4 is 39.7 Å². The van der Waals surface area contributed by atoms with Crippen molar-refractivity contribution < 1.29 is 24.5 Å². The molecule has 0 amide bonds. The molecule has 0 saturated heterocycles. The number of furan rings is 1. The van der Waals surface area contributed by atoms with Gasteiger partial charge in [-0.2, -0.15) is 0 Å². The molecule has 0 spiro atoms. The molecule has 0 unspecified atom stereocenters. The molecule has 0 bridgehead atoms. The minimum Gasteiger partial charge on any atom is -0.486 e. The van der Waals surface area contributed by atoms with Gasteiger partial charge in [0.15, 0.2) is 0 Å². The van der Waals surface area contributed by atoms with Crippen LogP contribution >= 0.6 is 0 Å². The summed E-state index contributed by atoms with van der Waals surface area (Å²) >= 11 is -1.85. The van der Waals surface area contributed by atoms with Crippen LogP contribution in [0.4, 0.5) is 0 Å². The molecule has 1 saturated carbocycles. The summed E-state index contributed by atoms with van der Waals surface area (Å²) < 4.78 is 7.76. The molecule has 52 heavy (non-hydrogen) atoms. The van der Waals surface area contributed by atoms with Gasteiger partial charge in [0.2, 0.25) is 5.71 Å². The first-order chi connectivity index (χ1) is 24.7. The molecule has 6 heteroatoms. The van der Waals surface area contributed by atoms with E-state index in [9.17, 15) is 0 Å². The van der Waals surface area contributed by atoms with Crippen molar-refractivity contribution in [1.82, 2.24) is 15.0 Å². The van der Waals surface area contributed by atoms with E-state index in [0.717, 1.165) is 62.3 Å². The number of fused-ring (bicyclic) bond motifs is 3. The van der Waals surface area contributed by atoms with Crippen molar-refractivity contribution in [2.45, 2.75) is 75.6 Å². The Bertz CT molecular complexity index is 2240. The van der Waals surface area contributed by atoms with E-state index in [1.54, 1.807) is 0 Å². The second kappa shape index (κ2) is 16.8. The van der Waals surface area contributed by atoms with Crippen molar-refractivity contribution in [3.05, 3.63) is 133 Å². The third kappa shape index (κ3) is 8.65. The van der Waals surface area contributed by atoms with Gasteiger partial charge in [0, 0.05) is 43.4 Å². The van der Waals surface area contributed by atoms with E-state index in [1.165, 1.54) is 47.6 Å². The molecule has 4 nitrogen and oxygen atoms in total. The molecule has 267 valence electrons. The summed E-state index contributed by atoms with van der Waals surface area (Å²) in [4.78, 5) is 14.0. The molecule has 8 rings (SSSR count). The van der Waals surface area contributed by atoms with Gasteiger partial charge < -0.3 is 9.40 Å². The maximum absolute atomic E-state index is 6.24. The molecule has 0 aliphatic heterocycles. The third-order valence-electron chi connectivity index (χ3n) is 10.1. The van der Waals surface area contributed by atoms with Gasteiger partial charge in [-0.05, 0) is 35.7 Å². The van der Waals surface area contributed by atoms with Crippen molar-refractivity contribution in [1.29, 1.82) is 0 Å². The molecule has 4 heterocycles. The molecule has 1 fully saturated rings. The molecular weight excluding hydrogens is 875 g/mol. The van der Waals surface area contributed by atoms with Crippen LogP contribution in [0.1, 0.15) is 63.0 Å². The second-order valence-corrected chi connectivity index (χ2v) is 25.8. The summed E-state index contributed by atoms with van der Waals surface area (Å²) in [6.45, 7) is 4.54. The molecule has 1 aliphatic rings. The monoisotopic (exact) mass is 924 g/mol. The van der Waals surface area contributed by atoms with Gasteiger partial charge in [-0.1, -0.05) is 85.0 Å². The first-order valence-electron chi connectivity index (χ1n) is 18.5. The SMILES string of the molecule is CC(C)c1cc(-c2[c-]cccc2)nc[c]1[Ge]([CH3])([CH3])[CH3].[Ir].[c-]1ccc2c(oc3ncc(-c4ccccc4)cc32)c1-c1cc(CC2CCCCC2)ccn1. The average Bonchev–Trinajstić information content (AvgIpc) is 3.54. The summed E-state index contributed by atoms with van der Waals surface area (Å²) in [5, 5.41) is 2.08. The molecule has 0 N–H and O–H groups in total. The Labute approximate surface area is 325 Å². The molecule has 0 atom stereocenters. The zero-order valence-corrected chi connectivity index (χ0v) is 35.4. The predicted molar refractivity (Wildman–Crippen MR) is 215 cm³/mol. The zero-order valence-electron chi connectivity index (χ0n) is 30.9. The smallest absolute Gasteiger partial charge is 0.216 e. The van der Waals surface area contributed by atoms with Crippen LogP contribution in [0, 0.1) is 18.1 Å². The summed E-state index contributed by atoms with van der Waals surface area (Å²) in [5.74, 6) is 8.63. The van der Waals surface area contributed by atoms with Crippen molar-refractivity contribution in [2.75, 3.05) is 0 Å². The largest absolute Gasteiger partial charge is 0.486 e. The fourth-order valence-corrected chi connectivity index (χ4v) is 10.9. The Balaban J connectivity index is 0.000000200. The molecule has 7 aromatic rings. The number of benzene rings is 3. The van der Waals surface area contributed by atoms with Crippen LogP contribution in [-0.4, -0.2) is 28.2 Å². The Hall–Kier alpha value is -3.90. The molecule has 4 aromatic heterocycles. The topological polar surface area (TPSA) is 51.8 Å². The minimum absolute atomic E-state index is 0. The number of aromatic nitrogens is 3. The minimum atomic E-state index is -1.85. The number of nitrogens with zero attached hydrogens (tertiary/aromatic N) is 3. The Morgan fingerprint density at radius 2 is 1.54 bits per heavy atom. The van der Waals surface area contributed by atoms with Gasteiger partial charge in [-0.25, -0.2) is 4.98 Å². The van der Waals surface area contributed by atoms with E-state index in [0.29, 0.717) is 11.6 Å². The van der Waals surface area contributed by atoms with Crippen LogP contribution in [0.5, 0.6) is 0 Å². The van der Waals surface area contributed by atoms with Crippen LogP contribution in [0.3, 0.4) is 0 Å². The van der Waals surface area contributed by atoms with E-state index < -0.39 is 13.3 Å². The van der Waals surface area contributed by atoms with E-state index in [2.05, 4.69) is 113 Å². The molecule has 1 radical (unpaired) electrons. The van der Waals surface area contributed by atoms with Crippen molar-refractivity contribution in [3.8, 4) is 33.6 Å². The fraction of sp³-hybridized carbons (Fsp3) is 0.283. The molecular formula is C46H47GeIrN3O-2. The van der Waals surface area contributed by atoms with E-state index in [-0.39, 0.29) is 20.1 Å². The fourth-order valence-electron chi connectivity index (χ4n) is 7.34. The molecule has 3 aromatic carbocycles. The number of pyridine rings is 3. The second-order valence-electron chi connectivity index (χ2n) is 15.2. The van der Waals surface area contributed by atoms with Crippen LogP contribution in [-0.2, 0) is 26.5 Å². The van der Waals surface area contributed by atoms with Crippen molar-refractivity contribution in [2.24, 2.45) is 5.92 Å². The average molecular weight is 923 g/mol. The summed E-state index contributed by atoms with van der Waals surface area (Å²) in [7, 11) is 0. The van der Waals surface area contributed by atoms with Gasteiger partial charge >= 0.3 is 119 Å². The van der Waals surface area contributed by atoms with Crippen LogP contribution in [0.2, 0.25) is 17.3 Å². The van der Waals surface area contributed by atoms with Gasteiger partial charge in [0.1, 0.15) is 0 Å². The van der Waals surface area contributed by atoms with Crippen LogP contribution in [0.25, 0.3) is 55.7 Å². The standard InChI is InChI=1S/C29H25N2O.C17H22GeN.Ir/c1-3-8-20(9-4-1)16-21-14-15-30-27(17-21)25-13-7-12-24-26-18-23(22-10-5-2-6-11-22)19-31-29(26)32-28(24)25;1-13(2)15-11-17(14-9-7-6-8-10-14)19-12-16(15)18(3,4)5;/h2,5-7,10-12,14-15,17-20H,1,3-4,8-9,16H2;6-9,11-13H,1-5H3;/q2*-1;. The quantitative estimate of drug-likeness (QED) is 0.118. The van der Waals surface area contributed by atoms with E-state index >= 15 is 0 Å². The first kappa shape index (κ1) is 37.8. The maximum Gasteiger partial charge on any atom is 0.216 e. The van der Waals surface area contributed by atoms with Crippen LogP contribution < -0.4 is 4.40 Å². The van der Waals surface area contributed by atoms with Gasteiger partial charge in [0.05, 0.1) is 5.58 Å². The normalized spacial score (nSPS) is 13.5. The zero-order chi connectivity index (χ0) is 35.4. The van der Waals surface area contributed by atoms with Gasteiger partial charge in [-0.3, -0.25) is 0 Å². The summed E-state index contributed by atoms with van der Waals surface area (Å²) in [5.41, 5.74) is 10.5. The maximum atomic E-state index is 6.24. The number of hydrogen-bond acceptors (Lipinski definition) is 4. The summed E-state index contributed by atoms with van der Waals surface area (Å²) in [6.07, 6.45) is 13.9. The Kier molecular flexibility index (Phi) is 12.3. The first-order valence-corrected chi connectivity index (χ1v) is 25.8. The van der Waals surface area contributed by atoms with E-state index in [1.807, 2.05) is 54.9 Å². The predicted octanol–water partition coefficient (Wildman–Crippen LogP) is 11.8. The summed E-state index contributed by atoms with van der Waals surface area (Å²) in [6, 6.07) is 37.9. The van der Waals surface area contributed by atoms with Gasteiger partial charge in [-0.15, -0.1) is 18.2 Å². The van der Waals surface area contributed by atoms with Gasteiger partial charge in [0.25, 0.3) is 0 Å².